The number of hydrogen-bond acceptors (Lipinski definition) is 4. The smallest absolute Gasteiger partial charge is 0.273 e. The molecule has 3 rings (SSSR count). The highest BCUT2D eigenvalue weighted by molar-refractivity contribution is 6.26. The van der Waals surface area contributed by atoms with Crippen LogP contribution in [0.1, 0.15) is 12.5 Å². The first kappa shape index (κ1) is 16.4. The number of rotatable bonds is 5. The number of nitrogens with zero attached hydrogens (tertiary/aromatic N) is 1. The molecule has 1 aliphatic rings. The minimum Gasteiger partial charge on any atom is -0.483 e. The zero-order valence-electron chi connectivity index (χ0n) is 13.7. The Labute approximate surface area is 145 Å². The Morgan fingerprint density at radius 2 is 1.88 bits per heavy atom. The van der Waals surface area contributed by atoms with E-state index in [1.807, 2.05) is 36.4 Å². The van der Waals surface area contributed by atoms with Crippen molar-refractivity contribution in [1.82, 2.24) is 5.43 Å². The molecule has 0 fully saturated rings. The second kappa shape index (κ2) is 7.44. The summed E-state index contributed by atoms with van der Waals surface area (Å²) in [6.07, 6.45) is 1.70. The molecule has 0 atom stereocenters. The topological polar surface area (TPSA) is 79.8 Å². The van der Waals surface area contributed by atoms with E-state index in [9.17, 15) is 9.59 Å². The van der Waals surface area contributed by atoms with Gasteiger partial charge in [0.05, 0.1) is 11.3 Å². The molecule has 0 aliphatic carbocycles. The molecule has 6 heteroatoms. The van der Waals surface area contributed by atoms with Crippen molar-refractivity contribution in [3.63, 3.8) is 0 Å². The average molecular weight is 335 g/mol. The lowest BCUT2D eigenvalue weighted by Gasteiger charge is -2.10. The van der Waals surface area contributed by atoms with Crippen LogP contribution in [0.15, 0.2) is 65.3 Å². The molecule has 25 heavy (non-hydrogen) atoms. The molecule has 126 valence electrons. The summed E-state index contributed by atoms with van der Waals surface area (Å²) in [4.78, 5) is 23.8. The van der Waals surface area contributed by atoms with Gasteiger partial charge < -0.3 is 10.1 Å². The van der Waals surface area contributed by atoms with E-state index in [1.54, 1.807) is 31.2 Å². The fourth-order valence-electron chi connectivity index (χ4n) is 2.34. The molecule has 0 bridgehead atoms. The molecule has 1 heterocycles. The molecular formula is C19H17N3O3. The van der Waals surface area contributed by atoms with Crippen LogP contribution in [0.25, 0.3) is 6.08 Å². The van der Waals surface area contributed by atoms with E-state index < -0.39 is 0 Å². The van der Waals surface area contributed by atoms with Crippen LogP contribution < -0.4 is 15.5 Å². The molecule has 0 spiro atoms. The second-order valence-corrected chi connectivity index (χ2v) is 5.44. The number of carbonyl (C=O) groups is 2. The molecule has 2 aromatic rings. The Bertz CT molecular complexity index is 857. The van der Waals surface area contributed by atoms with Gasteiger partial charge in [-0.05, 0) is 31.2 Å². The Balaban J connectivity index is 1.69. The Morgan fingerprint density at radius 3 is 2.60 bits per heavy atom. The number of anilines is 1. The van der Waals surface area contributed by atoms with Gasteiger partial charge in [-0.3, -0.25) is 9.59 Å². The third-order valence-corrected chi connectivity index (χ3v) is 3.59. The maximum atomic E-state index is 12.0. The first-order valence-corrected chi connectivity index (χ1v) is 7.77. The summed E-state index contributed by atoms with van der Waals surface area (Å²) in [5.41, 5.74) is 4.92. The number of hydrogen-bond donors (Lipinski definition) is 2. The Kier molecular flexibility index (Phi) is 4.89. The first-order chi connectivity index (χ1) is 12.1. The average Bonchev–Trinajstić information content (AvgIpc) is 2.94. The second-order valence-electron chi connectivity index (χ2n) is 5.44. The maximum absolute atomic E-state index is 12.0. The summed E-state index contributed by atoms with van der Waals surface area (Å²) < 4.78 is 5.62. The highest BCUT2D eigenvalue weighted by atomic mass is 16.5. The predicted octanol–water partition coefficient (Wildman–Crippen LogP) is 2.59. The number of amides is 2. The van der Waals surface area contributed by atoms with Crippen LogP contribution >= 0.6 is 0 Å². The molecule has 0 unspecified atom stereocenters. The minimum atomic E-state index is -0.259. The maximum Gasteiger partial charge on any atom is 0.273 e. The summed E-state index contributed by atoms with van der Waals surface area (Å²) in [5, 5.41) is 6.65. The van der Waals surface area contributed by atoms with E-state index in [-0.39, 0.29) is 18.4 Å². The molecule has 0 saturated carbocycles. The van der Waals surface area contributed by atoms with E-state index >= 15 is 0 Å². The fourth-order valence-corrected chi connectivity index (χ4v) is 2.34. The van der Waals surface area contributed by atoms with Crippen molar-refractivity contribution in [2.24, 2.45) is 5.10 Å². The van der Waals surface area contributed by atoms with E-state index in [2.05, 4.69) is 15.8 Å². The molecule has 1 aliphatic heterocycles. The van der Waals surface area contributed by atoms with E-state index in [4.69, 9.17) is 4.74 Å². The summed E-state index contributed by atoms with van der Waals surface area (Å²) >= 11 is 0. The van der Waals surface area contributed by atoms with Crippen molar-refractivity contribution in [3.05, 3.63) is 65.7 Å². The quantitative estimate of drug-likeness (QED) is 0.824. The van der Waals surface area contributed by atoms with Gasteiger partial charge in [-0.2, -0.15) is 5.10 Å². The van der Waals surface area contributed by atoms with Gasteiger partial charge in [0.25, 0.3) is 11.8 Å². The van der Waals surface area contributed by atoms with E-state index in [0.29, 0.717) is 28.3 Å². The molecule has 2 amide bonds. The molecule has 2 aromatic carbocycles. The van der Waals surface area contributed by atoms with Gasteiger partial charge in [0.2, 0.25) is 0 Å². The number of ether oxygens (including phenoxy) is 1. The molecule has 0 radical (unpaired) electrons. The number of nitrogens with one attached hydrogen (secondary N) is 2. The SMILES string of the molecule is CC1=NNC(=O)C1=Cc1ccccc1OCC(=O)Nc1ccccc1. The highest BCUT2D eigenvalue weighted by Gasteiger charge is 2.19. The van der Waals surface area contributed by atoms with Crippen LogP contribution in [0.4, 0.5) is 5.69 Å². The molecule has 0 saturated heterocycles. The van der Waals surface area contributed by atoms with Crippen molar-refractivity contribution in [2.45, 2.75) is 6.92 Å². The van der Waals surface area contributed by atoms with Gasteiger partial charge in [-0.1, -0.05) is 36.4 Å². The van der Waals surface area contributed by atoms with Gasteiger partial charge in [0.1, 0.15) is 5.75 Å². The first-order valence-electron chi connectivity index (χ1n) is 7.77. The lowest BCUT2D eigenvalue weighted by atomic mass is 10.1. The zero-order valence-corrected chi connectivity index (χ0v) is 13.7. The Morgan fingerprint density at radius 1 is 1.16 bits per heavy atom. The number of para-hydroxylation sites is 2. The lowest BCUT2D eigenvalue weighted by molar-refractivity contribution is -0.118. The van der Waals surface area contributed by atoms with Crippen molar-refractivity contribution >= 4 is 29.3 Å². The van der Waals surface area contributed by atoms with Crippen LogP contribution in [0.5, 0.6) is 5.75 Å². The van der Waals surface area contributed by atoms with Gasteiger partial charge >= 0.3 is 0 Å². The number of benzene rings is 2. The summed E-state index contributed by atoms with van der Waals surface area (Å²) in [7, 11) is 0. The third-order valence-electron chi connectivity index (χ3n) is 3.59. The van der Waals surface area contributed by atoms with Gasteiger partial charge in [-0.15, -0.1) is 0 Å². The van der Waals surface area contributed by atoms with Crippen LogP contribution in [-0.4, -0.2) is 24.1 Å². The van der Waals surface area contributed by atoms with Crippen molar-refractivity contribution in [1.29, 1.82) is 0 Å². The van der Waals surface area contributed by atoms with Crippen molar-refractivity contribution in [2.75, 3.05) is 11.9 Å². The van der Waals surface area contributed by atoms with E-state index in [0.717, 1.165) is 0 Å². The molecule has 6 nitrogen and oxygen atoms in total. The van der Waals surface area contributed by atoms with Crippen molar-refractivity contribution < 1.29 is 14.3 Å². The molecule has 2 N–H and O–H groups in total. The van der Waals surface area contributed by atoms with Gasteiger partial charge in [-0.25, -0.2) is 5.43 Å². The largest absolute Gasteiger partial charge is 0.483 e. The third kappa shape index (κ3) is 4.11. The van der Waals surface area contributed by atoms with Crippen molar-refractivity contribution in [3.8, 4) is 5.75 Å². The standard InChI is InChI=1S/C19H17N3O3/c1-13-16(19(24)22-21-13)11-14-7-5-6-10-17(14)25-12-18(23)20-15-8-3-2-4-9-15/h2-11H,12H2,1H3,(H,20,23)(H,22,24). The molecular weight excluding hydrogens is 318 g/mol. The normalized spacial score (nSPS) is 14.8. The van der Waals surface area contributed by atoms with Crippen LogP contribution in [0.2, 0.25) is 0 Å². The predicted molar refractivity (Wildman–Crippen MR) is 96.2 cm³/mol. The van der Waals surface area contributed by atoms with Crippen LogP contribution in [0.3, 0.4) is 0 Å². The van der Waals surface area contributed by atoms with Gasteiger partial charge in [0, 0.05) is 11.3 Å². The van der Waals surface area contributed by atoms with Crippen LogP contribution in [0, 0.1) is 0 Å². The zero-order chi connectivity index (χ0) is 17.6. The molecule has 0 aromatic heterocycles. The Hall–Kier alpha value is -3.41. The van der Waals surface area contributed by atoms with E-state index in [1.165, 1.54) is 0 Å². The van der Waals surface area contributed by atoms with Gasteiger partial charge in [0.15, 0.2) is 6.61 Å². The lowest BCUT2D eigenvalue weighted by Crippen LogP contribution is -2.20. The summed E-state index contributed by atoms with van der Waals surface area (Å²) in [6.45, 7) is 1.62. The summed E-state index contributed by atoms with van der Waals surface area (Å²) in [5.74, 6) is 0.00449. The monoisotopic (exact) mass is 335 g/mol. The van der Waals surface area contributed by atoms with Crippen LogP contribution in [-0.2, 0) is 9.59 Å². The highest BCUT2D eigenvalue weighted by Crippen LogP contribution is 2.22. The number of carbonyl (C=O) groups excluding carboxylic acids is 2. The number of hydrazone groups is 1. The minimum absolute atomic E-state index is 0.131. The summed E-state index contributed by atoms with van der Waals surface area (Å²) in [6, 6.07) is 16.4. The fraction of sp³-hybridized carbons (Fsp3) is 0.105.